The molecule has 0 amide bonds. The Morgan fingerprint density at radius 1 is 1.19 bits per heavy atom. The fraction of sp³-hybridized carbons (Fsp3) is 0.222. The van der Waals surface area contributed by atoms with Gasteiger partial charge in [-0.05, 0) is 54.3 Å². The van der Waals surface area contributed by atoms with Gasteiger partial charge in [-0.25, -0.2) is 4.98 Å². The predicted molar refractivity (Wildman–Crippen MR) is 88.6 cm³/mol. The molecule has 3 rings (SSSR count). The molecule has 0 bridgehead atoms. The van der Waals surface area contributed by atoms with Crippen molar-refractivity contribution in [3.05, 3.63) is 59.9 Å². The van der Waals surface area contributed by atoms with E-state index in [1.54, 1.807) is 4.57 Å². The van der Waals surface area contributed by atoms with Crippen molar-refractivity contribution < 1.29 is 0 Å². The second-order valence-corrected chi connectivity index (χ2v) is 5.76. The van der Waals surface area contributed by atoms with Gasteiger partial charge in [-0.1, -0.05) is 30.7 Å². The topological polar surface area (TPSA) is 17.8 Å². The molecule has 0 aliphatic carbocycles. The average molecular weight is 297 g/mol. The lowest BCUT2D eigenvalue weighted by molar-refractivity contribution is 0.817. The van der Waals surface area contributed by atoms with Crippen LogP contribution in [0.15, 0.2) is 36.4 Å². The molecule has 2 aromatic carbocycles. The zero-order chi connectivity index (χ0) is 15.0. The first-order valence-electron chi connectivity index (χ1n) is 7.13. The lowest BCUT2D eigenvalue weighted by atomic mass is 10.0. The predicted octanol–water partition coefficient (Wildman–Crippen LogP) is 5.13. The second kappa shape index (κ2) is 5.53. The van der Waals surface area contributed by atoms with Crippen LogP contribution in [0.1, 0.15) is 24.7 Å². The Kier molecular flexibility index (Phi) is 3.73. The summed E-state index contributed by atoms with van der Waals surface area (Å²) in [6.45, 7) is 4.20. The number of hydrogen-bond donors (Lipinski definition) is 0. The molecule has 0 saturated carbocycles. The summed E-state index contributed by atoms with van der Waals surface area (Å²) >= 11 is 6.09. The van der Waals surface area contributed by atoms with Gasteiger partial charge in [-0.3, -0.25) is 0 Å². The largest absolute Gasteiger partial charge is 0.320 e. The summed E-state index contributed by atoms with van der Waals surface area (Å²) in [5.41, 5.74) is 5.27. The molecule has 0 aliphatic heterocycles. The molecular formula is C18H17ClN2. The third kappa shape index (κ3) is 2.56. The van der Waals surface area contributed by atoms with Crippen molar-refractivity contribution in [2.75, 3.05) is 0 Å². The summed E-state index contributed by atoms with van der Waals surface area (Å²) in [6, 6.07) is 12.1. The minimum absolute atomic E-state index is 0.734. The van der Waals surface area contributed by atoms with Crippen LogP contribution in [0.3, 0.4) is 0 Å². The molecule has 0 N–H and O–H groups in total. The van der Waals surface area contributed by atoms with Crippen LogP contribution in [0.5, 0.6) is 0 Å². The monoisotopic (exact) mass is 296 g/mol. The maximum atomic E-state index is 6.20. The molecule has 0 spiro atoms. The number of halogens is 1. The molecule has 3 heteroatoms. The number of aromatic nitrogens is 2. The molecule has 2 nitrogen and oxygen atoms in total. The van der Waals surface area contributed by atoms with E-state index in [1.165, 1.54) is 0 Å². The number of aryl methyl sites for hydroxylation is 2. The minimum Gasteiger partial charge on any atom is -0.320 e. The third-order valence-corrected chi connectivity index (χ3v) is 3.93. The van der Waals surface area contributed by atoms with E-state index in [0.717, 1.165) is 51.4 Å². The summed E-state index contributed by atoms with van der Waals surface area (Å²) in [5, 5.41) is 0.734. The third-order valence-electron chi connectivity index (χ3n) is 3.69. The molecular weight excluding hydrogens is 280 g/mol. The van der Waals surface area contributed by atoms with Crippen molar-refractivity contribution in [1.29, 1.82) is 0 Å². The number of nitrogens with zero attached hydrogens (tertiary/aromatic N) is 2. The molecule has 0 unspecified atom stereocenters. The Labute approximate surface area is 130 Å². The number of hydrogen-bond acceptors (Lipinski definition) is 1. The van der Waals surface area contributed by atoms with Gasteiger partial charge in [-0.15, -0.1) is 0 Å². The van der Waals surface area contributed by atoms with Gasteiger partial charge in [0, 0.05) is 11.4 Å². The van der Waals surface area contributed by atoms with Gasteiger partial charge in [0.05, 0.1) is 18.1 Å². The SMILES string of the molecule is [CH]n1c(CCC)nc2c(C)cc(-c3cccc(Cl)c3)cc21. The van der Waals surface area contributed by atoms with Crippen molar-refractivity contribution in [2.45, 2.75) is 26.7 Å². The highest BCUT2D eigenvalue weighted by molar-refractivity contribution is 6.30. The van der Waals surface area contributed by atoms with Crippen LogP contribution in [0, 0.1) is 14.0 Å². The minimum atomic E-state index is 0.734. The standard InChI is InChI=1S/C18H17ClN2/c1-4-6-17-20-18-12(2)9-14(11-16(18)21(17)3)13-7-5-8-15(19)10-13/h3,5,7-11H,4,6H2,1-2H3. The maximum absolute atomic E-state index is 6.20. The van der Waals surface area contributed by atoms with Crippen molar-refractivity contribution in [3.8, 4) is 11.1 Å². The fourth-order valence-electron chi connectivity index (χ4n) is 2.65. The number of fused-ring (bicyclic) bond motifs is 1. The highest BCUT2D eigenvalue weighted by Gasteiger charge is 2.11. The molecule has 21 heavy (non-hydrogen) atoms. The first kappa shape index (κ1) is 14.2. The van der Waals surface area contributed by atoms with E-state index in [0.29, 0.717) is 0 Å². The summed E-state index contributed by atoms with van der Waals surface area (Å²) in [5.74, 6) is 0.929. The number of benzene rings is 2. The Balaban J connectivity index is 2.20. The van der Waals surface area contributed by atoms with E-state index in [4.69, 9.17) is 18.6 Å². The van der Waals surface area contributed by atoms with Gasteiger partial charge < -0.3 is 4.57 Å². The van der Waals surface area contributed by atoms with E-state index in [9.17, 15) is 0 Å². The van der Waals surface area contributed by atoms with E-state index >= 15 is 0 Å². The van der Waals surface area contributed by atoms with Crippen LogP contribution in [0.2, 0.25) is 5.02 Å². The van der Waals surface area contributed by atoms with Crippen LogP contribution >= 0.6 is 11.6 Å². The summed E-state index contributed by atoms with van der Waals surface area (Å²) in [6.07, 6.45) is 1.91. The van der Waals surface area contributed by atoms with E-state index in [2.05, 4.69) is 37.0 Å². The van der Waals surface area contributed by atoms with E-state index in [-0.39, 0.29) is 0 Å². The molecule has 2 radical (unpaired) electrons. The lowest BCUT2D eigenvalue weighted by Gasteiger charge is -2.06. The maximum Gasteiger partial charge on any atom is 0.110 e. The fourth-order valence-corrected chi connectivity index (χ4v) is 2.84. The van der Waals surface area contributed by atoms with Crippen LogP contribution < -0.4 is 0 Å². The van der Waals surface area contributed by atoms with Crippen molar-refractivity contribution in [1.82, 2.24) is 9.55 Å². The highest BCUT2D eigenvalue weighted by atomic mass is 35.5. The van der Waals surface area contributed by atoms with Crippen LogP contribution in [-0.2, 0) is 6.42 Å². The van der Waals surface area contributed by atoms with Gasteiger partial charge in [0.2, 0.25) is 0 Å². The number of imidazole rings is 1. The Bertz CT molecular complexity index is 802. The van der Waals surface area contributed by atoms with Gasteiger partial charge in [0.1, 0.15) is 5.82 Å². The van der Waals surface area contributed by atoms with Gasteiger partial charge in [0.25, 0.3) is 0 Å². The van der Waals surface area contributed by atoms with E-state index in [1.807, 2.05) is 18.2 Å². The normalized spacial score (nSPS) is 11.2. The van der Waals surface area contributed by atoms with Crippen LogP contribution in [0.4, 0.5) is 0 Å². The summed E-state index contributed by atoms with van der Waals surface area (Å²) in [7, 11) is 6.20. The molecule has 0 aliphatic rings. The van der Waals surface area contributed by atoms with Crippen molar-refractivity contribution in [3.63, 3.8) is 0 Å². The summed E-state index contributed by atoms with van der Waals surface area (Å²) < 4.78 is 1.71. The quantitative estimate of drug-likeness (QED) is 0.655. The van der Waals surface area contributed by atoms with E-state index < -0.39 is 0 Å². The molecule has 106 valence electrons. The van der Waals surface area contributed by atoms with Gasteiger partial charge in [0.15, 0.2) is 0 Å². The zero-order valence-corrected chi connectivity index (χ0v) is 13.0. The molecule has 0 atom stereocenters. The molecule has 3 aromatic rings. The Hall–Kier alpha value is -1.80. The Morgan fingerprint density at radius 3 is 2.71 bits per heavy atom. The van der Waals surface area contributed by atoms with Crippen LogP contribution in [0.25, 0.3) is 22.2 Å². The second-order valence-electron chi connectivity index (χ2n) is 5.32. The number of rotatable bonds is 3. The lowest BCUT2D eigenvalue weighted by Crippen LogP contribution is -1.94. The molecule has 0 fully saturated rings. The summed E-state index contributed by atoms with van der Waals surface area (Å²) in [4.78, 5) is 4.67. The van der Waals surface area contributed by atoms with Crippen molar-refractivity contribution >= 4 is 22.6 Å². The Morgan fingerprint density at radius 2 is 2.00 bits per heavy atom. The molecule has 1 heterocycles. The van der Waals surface area contributed by atoms with Crippen molar-refractivity contribution in [2.24, 2.45) is 0 Å². The molecule has 1 aromatic heterocycles. The van der Waals surface area contributed by atoms with Gasteiger partial charge >= 0.3 is 0 Å². The zero-order valence-electron chi connectivity index (χ0n) is 12.2. The molecule has 0 saturated heterocycles. The first-order valence-corrected chi connectivity index (χ1v) is 7.51. The first-order chi connectivity index (χ1) is 10.1. The highest BCUT2D eigenvalue weighted by Crippen LogP contribution is 2.29. The average Bonchev–Trinajstić information content (AvgIpc) is 2.77. The smallest absolute Gasteiger partial charge is 0.110 e. The van der Waals surface area contributed by atoms with Crippen LogP contribution in [-0.4, -0.2) is 9.55 Å². The van der Waals surface area contributed by atoms with Gasteiger partial charge in [-0.2, -0.15) is 0 Å².